The number of carbonyl (C=O) groups is 1. The summed E-state index contributed by atoms with van der Waals surface area (Å²) in [5, 5.41) is 7.93. The van der Waals surface area contributed by atoms with Crippen LogP contribution in [0.1, 0.15) is 107 Å². The Labute approximate surface area is 194 Å². The van der Waals surface area contributed by atoms with Crippen molar-refractivity contribution in [3.05, 3.63) is 23.3 Å². The largest absolute Gasteiger partial charge is 0.456 e. The molecular formula is C28H42N2O2. The summed E-state index contributed by atoms with van der Waals surface area (Å²) in [6, 6.07) is 4.78. The molecule has 1 aromatic carbocycles. The molecule has 0 spiro atoms. The Kier molecular flexibility index (Phi) is 5.70. The molecule has 0 unspecified atom stereocenters. The van der Waals surface area contributed by atoms with Crippen LogP contribution in [0.15, 0.2) is 12.1 Å². The molecule has 0 radical (unpaired) electrons. The monoisotopic (exact) mass is 438 g/mol. The summed E-state index contributed by atoms with van der Waals surface area (Å²) in [4.78, 5) is 13.0. The standard InChI is InChI=1S/C28H42N2O2/c1-18-10-25(30-28-15-19-11-20(16-28)13-21(12-19)17-28)24(29-22-8-6-5-7-9-22)14-23(18)26(31)32-27(2,3)4/h10,14,19-22,29-30H,5-9,11-13,15-17H2,1-4H3. The fourth-order valence-corrected chi connectivity index (χ4v) is 7.50. The van der Waals surface area contributed by atoms with E-state index in [9.17, 15) is 4.79 Å². The number of carbonyl (C=O) groups excluding carboxylic acids is 1. The molecule has 0 amide bonds. The van der Waals surface area contributed by atoms with Crippen molar-refractivity contribution in [3.63, 3.8) is 0 Å². The maximum atomic E-state index is 13.0. The topological polar surface area (TPSA) is 50.4 Å². The van der Waals surface area contributed by atoms with Gasteiger partial charge in [-0.2, -0.15) is 0 Å². The van der Waals surface area contributed by atoms with Crippen molar-refractivity contribution in [1.29, 1.82) is 0 Å². The van der Waals surface area contributed by atoms with Crippen LogP contribution in [0.2, 0.25) is 0 Å². The van der Waals surface area contributed by atoms with Crippen molar-refractivity contribution in [2.75, 3.05) is 10.6 Å². The summed E-state index contributed by atoms with van der Waals surface area (Å²) in [6.07, 6.45) is 14.6. The molecule has 0 aromatic heterocycles. The normalized spacial score (nSPS) is 32.1. The molecule has 0 aliphatic heterocycles. The van der Waals surface area contributed by atoms with Gasteiger partial charge in [-0.1, -0.05) is 19.3 Å². The molecule has 0 atom stereocenters. The van der Waals surface area contributed by atoms with Crippen molar-refractivity contribution in [3.8, 4) is 0 Å². The van der Waals surface area contributed by atoms with Gasteiger partial charge < -0.3 is 15.4 Å². The first kappa shape index (κ1) is 22.1. The van der Waals surface area contributed by atoms with Crippen LogP contribution >= 0.6 is 0 Å². The third-order valence-corrected chi connectivity index (χ3v) is 8.39. The molecule has 4 heteroatoms. The quantitative estimate of drug-likeness (QED) is 0.482. The fourth-order valence-electron chi connectivity index (χ4n) is 7.50. The minimum Gasteiger partial charge on any atom is -0.456 e. The van der Waals surface area contributed by atoms with Gasteiger partial charge in [0.05, 0.1) is 16.9 Å². The lowest BCUT2D eigenvalue weighted by molar-refractivity contribution is 0.00687. The summed E-state index contributed by atoms with van der Waals surface area (Å²) < 4.78 is 5.74. The van der Waals surface area contributed by atoms with E-state index in [1.54, 1.807) is 0 Å². The average Bonchev–Trinajstić information content (AvgIpc) is 2.68. The number of esters is 1. The maximum Gasteiger partial charge on any atom is 0.338 e. The van der Waals surface area contributed by atoms with Crippen LogP contribution in [0.4, 0.5) is 11.4 Å². The van der Waals surface area contributed by atoms with Crippen LogP contribution in [0, 0.1) is 24.7 Å². The molecule has 32 heavy (non-hydrogen) atoms. The van der Waals surface area contributed by atoms with E-state index in [1.165, 1.54) is 76.3 Å². The van der Waals surface area contributed by atoms with Crippen molar-refractivity contribution >= 4 is 17.3 Å². The Hall–Kier alpha value is -1.71. The Bertz CT molecular complexity index is 828. The molecule has 1 aromatic rings. The Balaban J connectivity index is 1.45. The lowest BCUT2D eigenvalue weighted by atomic mass is 9.53. The maximum absolute atomic E-state index is 13.0. The zero-order valence-electron chi connectivity index (χ0n) is 20.6. The minimum atomic E-state index is -0.489. The number of rotatable bonds is 5. The summed E-state index contributed by atoms with van der Waals surface area (Å²) >= 11 is 0. The number of nitrogens with one attached hydrogen (secondary N) is 2. The van der Waals surface area contributed by atoms with E-state index in [4.69, 9.17) is 4.74 Å². The van der Waals surface area contributed by atoms with Gasteiger partial charge in [-0.25, -0.2) is 4.79 Å². The number of anilines is 2. The second-order valence-corrected chi connectivity index (χ2v) is 12.5. The number of benzene rings is 1. The average molecular weight is 439 g/mol. The van der Waals surface area contributed by atoms with Gasteiger partial charge in [-0.3, -0.25) is 0 Å². The lowest BCUT2D eigenvalue weighted by Crippen LogP contribution is -2.54. The van der Waals surface area contributed by atoms with Gasteiger partial charge in [0.1, 0.15) is 5.60 Å². The highest BCUT2D eigenvalue weighted by Gasteiger charge is 2.51. The third-order valence-electron chi connectivity index (χ3n) is 8.39. The van der Waals surface area contributed by atoms with Crippen molar-refractivity contribution in [2.24, 2.45) is 17.8 Å². The summed E-state index contributed by atoms with van der Waals surface area (Å²) in [7, 11) is 0. The van der Waals surface area contributed by atoms with Gasteiger partial charge in [0, 0.05) is 11.6 Å². The molecule has 5 fully saturated rings. The van der Waals surface area contributed by atoms with E-state index in [1.807, 2.05) is 20.8 Å². The van der Waals surface area contributed by atoms with Crippen LogP contribution in [0.3, 0.4) is 0 Å². The van der Waals surface area contributed by atoms with E-state index >= 15 is 0 Å². The van der Waals surface area contributed by atoms with E-state index in [2.05, 4.69) is 29.7 Å². The number of aryl methyl sites for hydroxylation is 1. The molecule has 4 bridgehead atoms. The smallest absolute Gasteiger partial charge is 0.338 e. The zero-order chi connectivity index (χ0) is 22.5. The highest BCUT2D eigenvalue weighted by molar-refractivity contribution is 5.94. The van der Waals surface area contributed by atoms with Gasteiger partial charge in [0.2, 0.25) is 0 Å². The van der Waals surface area contributed by atoms with Gasteiger partial charge in [0.15, 0.2) is 0 Å². The highest BCUT2D eigenvalue weighted by atomic mass is 16.6. The highest BCUT2D eigenvalue weighted by Crippen LogP contribution is 2.57. The zero-order valence-corrected chi connectivity index (χ0v) is 20.6. The SMILES string of the molecule is Cc1cc(NC23CC4CC(CC(C4)C2)C3)c(NC2CCCCC2)cc1C(=O)OC(C)(C)C. The van der Waals surface area contributed by atoms with Crippen LogP contribution in [-0.2, 0) is 4.74 Å². The van der Waals surface area contributed by atoms with Crippen LogP contribution in [0.25, 0.3) is 0 Å². The predicted molar refractivity (Wildman–Crippen MR) is 131 cm³/mol. The molecule has 0 saturated heterocycles. The number of hydrogen-bond donors (Lipinski definition) is 2. The first-order valence-corrected chi connectivity index (χ1v) is 13.1. The summed E-state index contributed by atoms with van der Waals surface area (Å²) in [5.41, 5.74) is 3.74. The molecular weight excluding hydrogens is 396 g/mol. The summed E-state index contributed by atoms with van der Waals surface area (Å²) in [5.74, 6) is 2.50. The third kappa shape index (κ3) is 4.65. The Morgan fingerprint density at radius 3 is 2.09 bits per heavy atom. The Morgan fingerprint density at radius 2 is 1.53 bits per heavy atom. The van der Waals surface area contributed by atoms with Gasteiger partial charge in [-0.05, 0) is 115 Å². The van der Waals surface area contributed by atoms with Crippen molar-refractivity contribution < 1.29 is 9.53 Å². The van der Waals surface area contributed by atoms with Crippen LogP contribution in [0.5, 0.6) is 0 Å². The molecule has 2 N–H and O–H groups in total. The molecule has 5 aliphatic rings. The van der Waals surface area contributed by atoms with E-state index in [0.29, 0.717) is 11.6 Å². The van der Waals surface area contributed by atoms with E-state index in [0.717, 1.165) is 29.0 Å². The minimum absolute atomic E-state index is 0.219. The fraction of sp³-hybridized carbons (Fsp3) is 0.750. The van der Waals surface area contributed by atoms with Gasteiger partial charge in [-0.15, -0.1) is 0 Å². The first-order valence-electron chi connectivity index (χ1n) is 13.1. The molecule has 4 nitrogen and oxygen atoms in total. The molecule has 176 valence electrons. The van der Waals surface area contributed by atoms with Crippen LogP contribution in [-0.4, -0.2) is 23.2 Å². The molecule has 5 saturated carbocycles. The molecule has 6 rings (SSSR count). The van der Waals surface area contributed by atoms with Gasteiger partial charge >= 0.3 is 5.97 Å². The Morgan fingerprint density at radius 1 is 0.938 bits per heavy atom. The summed E-state index contributed by atoms with van der Waals surface area (Å²) in [6.45, 7) is 7.85. The first-order chi connectivity index (χ1) is 15.2. The number of hydrogen-bond acceptors (Lipinski definition) is 4. The van der Waals surface area contributed by atoms with E-state index < -0.39 is 5.60 Å². The van der Waals surface area contributed by atoms with Crippen molar-refractivity contribution in [2.45, 2.75) is 116 Å². The molecule has 0 heterocycles. The second kappa shape index (κ2) is 8.25. The van der Waals surface area contributed by atoms with E-state index in [-0.39, 0.29) is 11.5 Å². The lowest BCUT2D eigenvalue weighted by Gasteiger charge is -2.57. The van der Waals surface area contributed by atoms with Crippen LogP contribution < -0.4 is 10.6 Å². The predicted octanol–water partition coefficient (Wildman–Crippen LogP) is 7.08. The second-order valence-electron chi connectivity index (χ2n) is 12.5. The van der Waals surface area contributed by atoms with Crippen molar-refractivity contribution in [1.82, 2.24) is 0 Å². The van der Waals surface area contributed by atoms with Gasteiger partial charge in [0.25, 0.3) is 0 Å². The molecule has 5 aliphatic carbocycles. The number of ether oxygens (including phenoxy) is 1.